The zero-order valence-electron chi connectivity index (χ0n) is 17.4. The highest BCUT2D eigenvalue weighted by molar-refractivity contribution is 9.10. The van der Waals surface area contributed by atoms with Crippen LogP contribution in [0.25, 0.3) is 11.0 Å². The number of halogens is 1. The Bertz CT molecular complexity index is 1150. The molecule has 0 saturated heterocycles. The van der Waals surface area contributed by atoms with E-state index in [-0.39, 0.29) is 5.91 Å². The number of nitrogens with one attached hydrogen (secondary N) is 1. The van der Waals surface area contributed by atoms with Crippen LogP contribution in [0.2, 0.25) is 0 Å². The van der Waals surface area contributed by atoms with Gasteiger partial charge in [0.15, 0.2) is 0 Å². The topological polar surface area (TPSA) is 46.9 Å². The molecule has 5 heteroatoms. The Morgan fingerprint density at radius 3 is 2.55 bits per heavy atom. The molecule has 0 aliphatic heterocycles. The van der Waals surface area contributed by atoms with Crippen molar-refractivity contribution in [2.75, 3.05) is 6.54 Å². The van der Waals surface area contributed by atoms with Crippen molar-refractivity contribution in [2.24, 2.45) is 0 Å². The lowest BCUT2D eigenvalue weighted by molar-refractivity contribution is 0.0953. The SMILES string of the molecule is O=C(NCCCc1nc2ccccc2n1CCCc1ccccc1)c1cccc(Br)c1. The van der Waals surface area contributed by atoms with Gasteiger partial charge in [0.25, 0.3) is 5.91 Å². The normalized spacial score (nSPS) is 11.0. The number of imidazole rings is 1. The van der Waals surface area contributed by atoms with Gasteiger partial charge in [-0.2, -0.15) is 0 Å². The minimum Gasteiger partial charge on any atom is -0.352 e. The van der Waals surface area contributed by atoms with Crippen LogP contribution >= 0.6 is 15.9 Å². The highest BCUT2D eigenvalue weighted by Crippen LogP contribution is 2.18. The van der Waals surface area contributed by atoms with Crippen molar-refractivity contribution < 1.29 is 4.79 Å². The number of carbonyl (C=O) groups excluding carboxylic acids is 1. The van der Waals surface area contributed by atoms with E-state index in [1.807, 2.05) is 30.3 Å². The zero-order valence-corrected chi connectivity index (χ0v) is 19.0. The Hall–Kier alpha value is -2.92. The van der Waals surface area contributed by atoms with E-state index in [1.54, 1.807) is 0 Å². The fourth-order valence-corrected chi connectivity index (χ4v) is 4.23. The van der Waals surface area contributed by atoms with Crippen molar-refractivity contribution in [3.8, 4) is 0 Å². The third-order valence-electron chi connectivity index (χ3n) is 5.37. The molecule has 0 unspecified atom stereocenters. The summed E-state index contributed by atoms with van der Waals surface area (Å²) in [5, 5.41) is 3.02. The largest absolute Gasteiger partial charge is 0.352 e. The maximum absolute atomic E-state index is 12.3. The van der Waals surface area contributed by atoms with Gasteiger partial charge in [0.1, 0.15) is 5.82 Å². The van der Waals surface area contributed by atoms with E-state index in [4.69, 9.17) is 4.98 Å². The average Bonchev–Trinajstić information content (AvgIpc) is 3.15. The molecule has 0 radical (unpaired) electrons. The first-order valence-electron chi connectivity index (χ1n) is 10.7. The van der Waals surface area contributed by atoms with Gasteiger partial charge in [0.2, 0.25) is 0 Å². The maximum Gasteiger partial charge on any atom is 0.251 e. The first kappa shape index (κ1) is 21.3. The molecule has 0 spiro atoms. The summed E-state index contributed by atoms with van der Waals surface area (Å²) in [6, 6.07) is 26.4. The van der Waals surface area contributed by atoms with Crippen LogP contribution in [0, 0.1) is 0 Å². The van der Waals surface area contributed by atoms with Gasteiger partial charge < -0.3 is 9.88 Å². The molecular formula is C26H26BrN3O. The van der Waals surface area contributed by atoms with Gasteiger partial charge in [-0.3, -0.25) is 4.79 Å². The van der Waals surface area contributed by atoms with E-state index in [2.05, 4.69) is 74.3 Å². The molecular weight excluding hydrogens is 450 g/mol. The zero-order chi connectivity index (χ0) is 21.5. The van der Waals surface area contributed by atoms with Crippen LogP contribution in [-0.4, -0.2) is 22.0 Å². The highest BCUT2D eigenvalue weighted by atomic mass is 79.9. The predicted molar refractivity (Wildman–Crippen MR) is 129 cm³/mol. The van der Waals surface area contributed by atoms with E-state index < -0.39 is 0 Å². The molecule has 1 amide bonds. The number of aromatic nitrogens is 2. The number of fused-ring (bicyclic) bond motifs is 1. The van der Waals surface area contributed by atoms with Crippen molar-refractivity contribution in [3.05, 3.63) is 100 Å². The lowest BCUT2D eigenvalue weighted by atomic mass is 10.1. The molecule has 4 nitrogen and oxygen atoms in total. The Kier molecular flexibility index (Phi) is 7.15. The molecule has 0 aliphatic rings. The average molecular weight is 476 g/mol. The maximum atomic E-state index is 12.3. The summed E-state index contributed by atoms with van der Waals surface area (Å²) in [7, 11) is 0. The number of hydrogen-bond donors (Lipinski definition) is 1. The van der Waals surface area contributed by atoms with Crippen molar-refractivity contribution in [1.82, 2.24) is 14.9 Å². The van der Waals surface area contributed by atoms with Crippen molar-refractivity contribution in [2.45, 2.75) is 32.2 Å². The fraction of sp³-hybridized carbons (Fsp3) is 0.231. The summed E-state index contributed by atoms with van der Waals surface area (Å²) >= 11 is 3.41. The molecule has 158 valence electrons. The Labute approximate surface area is 191 Å². The van der Waals surface area contributed by atoms with E-state index in [9.17, 15) is 4.79 Å². The highest BCUT2D eigenvalue weighted by Gasteiger charge is 2.11. The molecule has 0 fully saturated rings. The fourth-order valence-electron chi connectivity index (χ4n) is 3.83. The van der Waals surface area contributed by atoms with Gasteiger partial charge in [-0.15, -0.1) is 0 Å². The van der Waals surface area contributed by atoms with Crippen LogP contribution in [0.3, 0.4) is 0 Å². The summed E-state index contributed by atoms with van der Waals surface area (Å²) in [5.74, 6) is 1.05. The van der Waals surface area contributed by atoms with Gasteiger partial charge in [0, 0.05) is 29.5 Å². The van der Waals surface area contributed by atoms with Gasteiger partial charge in [-0.05, 0) is 55.2 Å². The summed E-state index contributed by atoms with van der Waals surface area (Å²) in [6.45, 7) is 1.56. The summed E-state index contributed by atoms with van der Waals surface area (Å²) in [4.78, 5) is 17.2. The molecule has 1 aromatic heterocycles. The number of aryl methyl sites for hydroxylation is 3. The minimum atomic E-state index is -0.0438. The molecule has 0 aliphatic carbocycles. The summed E-state index contributed by atoms with van der Waals surface area (Å²) in [6.07, 6.45) is 3.80. The second-order valence-electron chi connectivity index (χ2n) is 7.63. The van der Waals surface area contributed by atoms with Crippen molar-refractivity contribution in [3.63, 3.8) is 0 Å². The third kappa shape index (κ3) is 5.61. The number of hydrogen-bond acceptors (Lipinski definition) is 2. The van der Waals surface area contributed by atoms with E-state index >= 15 is 0 Å². The minimum absolute atomic E-state index is 0.0438. The summed E-state index contributed by atoms with van der Waals surface area (Å²) < 4.78 is 3.25. The van der Waals surface area contributed by atoms with Gasteiger partial charge in [0.05, 0.1) is 11.0 Å². The summed E-state index contributed by atoms with van der Waals surface area (Å²) in [5.41, 5.74) is 4.25. The van der Waals surface area contributed by atoms with Crippen LogP contribution < -0.4 is 5.32 Å². The Morgan fingerprint density at radius 2 is 1.71 bits per heavy atom. The van der Waals surface area contributed by atoms with Gasteiger partial charge in [-0.1, -0.05) is 64.5 Å². The number of amides is 1. The lowest BCUT2D eigenvalue weighted by Gasteiger charge is -2.10. The van der Waals surface area contributed by atoms with Crippen LogP contribution in [0.4, 0.5) is 0 Å². The first-order valence-corrected chi connectivity index (χ1v) is 11.5. The van der Waals surface area contributed by atoms with Crippen LogP contribution in [-0.2, 0) is 19.4 Å². The van der Waals surface area contributed by atoms with E-state index in [0.717, 1.165) is 48.0 Å². The van der Waals surface area contributed by atoms with Gasteiger partial charge >= 0.3 is 0 Å². The third-order valence-corrected chi connectivity index (χ3v) is 5.87. The van der Waals surface area contributed by atoms with Crippen molar-refractivity contribution in [1.29, 1.82) is 0 Å². The number of benzene rings is 3. The molecule has 31 heavy (non-hydrogen) atoms. The molecule has 0 saturated carbocycles. The predicted octanol–water partition coefficient (Wildman–Crippen LogP) is 5.79. The molecule has 3 aromatic carbocycles. The van der Waals surface area contributed by atoms with Crippen LogP contribution in [0.1, 0.15) is 34.6 Å². The van der Waals surface area contributed by atoms with E-state index in [1.165, 1.54) is 11.1 Å². The Morgan fingerprint density at radius 1 is 0.903 bits per heavy atom. The molecule has 1 heterocycles. The van der Waals surface area contributed by atoms with E-state index in [0.29, 0.717) is 12.1 Å². The second-order valence-corrected chi connectivity index (χ2v) is 8.54. The number of nitrogens with zero attached hydrogens (tertiary/aromatic N) is 2. The molecule has 0 bridgehead atoms. The second kappa shape index (κ2) is 10.4. The van der Waals surface area contributed by atoms with Crippen LogP contribution in [0.15, 0.2) is 83.3 Å². The van der Waals surface area contributed by atoms with Crippen molar-refractivity contribution >= 4 is 32.9 Å². The molecule has 0 atom stereocenters. The molecule has 4 aromatic rings. The molecule has 4 rings (SSSR count). The van der Waals surface area contributed by atoms with Gasteiger partial charge in [-0.25, -0.2) is 4.98 Å². The smallest absolute Gasteiger partial charge is 0.251 e. The monoisotopic (exact) mass is 475 g/mol. The lowest BCUT2D eigenvalue weighted by Crippen LogP contribution is -2.25. The first-order chi connectivity index (χ1) is 15.2. The van der Waals surface area contributed by atoms with Crippen LogP contribution in [0.5, 0.6) is 0 Å². The standard InChI is InChI=1S/C26H26BrN3O/c27-22-13-6-12-21(19-22)26(31)28-17-7-16-25-29-23-14-4-5-15-24(23)30(25)18-8-11-20-9-2-1-3-10-20/h1-6,9-10,12-15,19H,7-8,11,16-18H2,(H,28,31). The number of para-hydroxylation sites is 2. The Balaban J connectivity index is 1.36. The molecule has 1 N–H and O–H groups in total. The number of rotatable bonds is 9. The quantitative estimate of drug-likeness (QED) is 0.311. The number of carbonyl (C=O) groups is 1.